The van der Waals surface area contributed by atoms with E-state index in [2.05, 4.69) is 11.9 Å². The van der Waals surface area contributed by atoms with Gasteiger partial charge in [-0.2, -0.15) is 0 Å². The van der Waals surface area contributed by atoms with Gasteiger partial charge in [0, 0.05) is 17.8 Å². The van der Waals surface area contributed by atoms with Gasteiger partial charge in [0.05, 0.1) is 15.7 Å². The first-order chi connectivity index (χ1) is 7.16. The number of halogens is 2. The van der Waals surface area contributed by atoms with Crippen molar-refractivity contribution in [2.75, 3.05) is 0 Å². The predicted octanol–water partition coefficient (Wildman–Crippen LogP) is 3.69. The summed E-state index contributed by atoms with van der Waals surface area (Å²) in [7, 11) is 0. The van der Waals surface area contributed by atoms with Crippen LogP contribution in [0.3, 0.4) is 0 Å². The molecule has 1 aliphatic carbocycles. The Morgan fingerprint density at radius 1 is 1.47 bits per heavy atom. The zero-order valence-corrected chi connectivity index (χ0v) is 9.81. The highest BCUT2D eigenvalue weighted by atomic mass is 35.5. The third kappa shape index (κ3) is 1.28. The van der Waals surface area contributed by atoms with E-state index in [0.29, 0.717) is 16.0 Å². The molecule has 0 fully saturated rings. The molecule has 1 aliphatic rings. The first kappa shape index (κ1) is 9.49. The minimum absolute atomic E-state index is 0.537. The Kier molecular flexibility index (Phi) is 1.98. The highest BCUT2D eigenvalue weighted by molar-refractivity contribution is 6.36. The lowest BCUT2D eigenvalue weighted by Gasteiger charge is -2.00. The van der Waals surface area contributed by atoms with E-state index >= 15 is 0 Å². The molecule has 1 atom stereocenters. The lowest BCUT2D eigenvalue weighted by molar-refractivity contribution is 0.726. The second kappa shape index (κ2) is 3.13. The van der Waals surface area contributed by atoms with Crippen LogP contribution in [0.1, 0.15) is 30.7 Å². The van der Waals surface area contributed by atoms with Gasteiger partial charge >= 0.3 is 0 Å². The van der Waals surface area contributed by atoms with E-state index in [-0.39, 0.29) is 0 Å². The molecule has 1 unspecified atom stereocenters. The molecule has 2 nitrogen and oxygen atoms in total. The zero-order valence-electron chi connectivity index (χ0n) is 8.30. The molecule has 0 N–H and O–H groups in total. The van der Waals surface area contributed by atoms with Crippen LogP contribution in [-0.4, -0.2) is 9.38 Å². The summed E-state index contributed by atoms with van der Waals surface area (Å²) in [6.45, 7) is 2.20. The monoisotopic (exact) mass is 240 g/mol. The summed E-state index contributed by atoms with van der Waals surface area (Å²) in [4.78, 5) is 4.59. The van der Waals surface area contributed by atoms with Crippen molar-refractivity contribution in [1.29, 1.82) is 0 Å². The number of nitrogens with zero attached hydrogens (tertiary/aromatic N) is 2. The van der Waals surface area contributed by atoms with Gasteiger partial charge in [0.15, 0.2) is 5.65 Å². The SMILES string of the molecule is CC1CCc2c1nc1c(Cl)cc(Cl)cn21. The van der Waals surface area contributed by atoms with Gasteiger partial charge in [-0.25, -0.2) is 4.98 Å². The van der Waals surface area contributed by atoms with Crippen LogP contribution in [0.15, 0.2) is 12.3 Å². The standard InChI is InChI=1S/C11H10Cl2N2/c1-6-2-3-9-10(6)14-11-8(13)4-7(12)5-15(9)11/h4-6H,2-3H2,1H3. The number of hydrogen-bond donors (Lipinski definition) is 0. The highest BCUT2D eigenvalue weighted by Gasteiger charge is 2.25. The topological polar surface area (TPSA) is 17.3 Å². The van der Waals surface area contributed by atoms with Crippen molar-refractivity contribution < 1.29 is 0 Å². The van der Waals surface area contributed by atoms with Gasteiger partial charge in [-0.05, 0) is 18.9 Å². The molecule has 0 saturated heterocycles. The van der Waals surface area contributed by atoms with E-state index in [1.807, 2.05) is 10.6 Å². The van der Waals surface area contributed by atoms with Crippen molar-refractivity contribution in [2.45, 2.75) is 25.7 Å². The molecule has 0 saturated carbocycles. The molecular formula is C11H10Cl2N2. The van der Waals surface area contributed by atoms with E-state index in [0.717, 1.165) is 12.1 Å². The van der Waals surface area contributed by atoms with Crippen LogP contribution < -0.4 is 0 Å². The number of rotatable bonds is 0. The van der Waals surface area contributed by atoms with Crippen molar-refractivity contribution >= 4 is 28.8 Å². The third-order valence-corrected chi connectivity index (χ3v) is 3.54. The van der Waals surface area contributed by atoms with Gasteiger partial charge in [0.1, 0.15) is 0 Å². The van der Waals surface area contributed by atoms with Crippen LogP contribution in [0.25, 0.3) is 5.65 Å². The van der Waals surface area contributed by atoms with Gasteiger partial charge in [0.25, 0.3) is 0 Å². The number of fused-ring (bicyclic) bond motifs is 3. The van der Waals surface area contributed by atoms with Crippen molar-refractivity contribution in [3.8, 4) is 0 Å². The van der Waals surface area contributed by atoms with Crippen LogP contribution in [0.2, 0.25) is 10.0 Å². The molecule has 2 aromatic rings. The Bertz CT molecular complexity index is 545. The molecule has 0 aromatic carbocycles. The number of imidazole rings is 1. The number of aromatic nitrogens is 2. The molecule has 2 heterocycles. The fourth-order valence-corrected chi connectivity index (χ4v) is 2.78. The summed E-state index contributed by atoms with van der Waals surface area (Å²) in [5, 5.41) is 1.29. The maximum Gasteiger partial charge on any atom is 0.156 e. The molecule has 78 valence electrons. The van der Waals surface area contributed by atoms with Gasteiger partial charge in [-0.1, -0.05) is 30.1 Å². The summed E-state index contributed by atoms with van der Waals surface area (Å²) in [5.41, 5.74) is 3.28. The molecule has 15 heavy (non-hydrogen) atoms. The van der Waals surface area contributed by atoms with Gasteiger partial charge < -0.3 is 4.40 Å². The molecule has 4 heteroatoms. The van der Waals surface area contributed by atoms with Crippen LogP contribution in [0, 0.1) is 0 Å². The second-order valence-corrected chi connectivity index (χ2v) is 4.93. The summed E-state index contributed by atoms with van der Waals surface area (Å²) < 4.78 is 2.03. The van der Waals surface area contributed by atoms with Crippen molar-refractivity contribution in [3.05, 3.63) is 33.7 Å². The van der Waals surface area contributed by atoms with Gasteiger partial charge in [-0.3, -0.25) is 0 Å². The largest absolute Gasteiger partial charge is 0.301 e. The van der Waals surface area contributed by atoms with Crippen LogP contribution in [0.5, 0.6) is 0 Å². The average Bonchev–Trinajstić information content (AvgIpc) is 2.68. The highest BCUT2D eigenvalue weighted by Crippen LogP contribution is 2.35. The summed E-state index contributed by atoms with van der Waals surface area (Å²) in [6.07, 6.45) is 4.13. The average molecular weight is 241 g/mol. The van der Waals surface area contributed by atoms with Gasteiger partial charge in [-0.15, -0.1) is 0 Å². The van der Waals surface area contributed by atoms with Crippen LogP contribution in [-0.2, 0) is 6.42 Å². The molecule has 0 bridgehead atoms. The summed E-state index contributed by atoms with van der Waals surface area (Å²) >= 11 is 12.1. The number of hydrogen-bond acceptors (Lipinski definition) is 1. The molecular weight excluding hydrogens is 231 g/mol. The minimum Gasteiger partial charge on any atom is -0.301 e. The molecule has 0 amide bonds. The maximum absolute atomic E-state index is 6.11. The van der Waals surface area contributed by atoms with E-state index in [4.69, 9.17) is 23.2 Å². The lowest BCUT2D eigenvalue weighted by atomic mass is 10.1. The predicted molar refractivity (Wildman–Crippen MR) is 61.9 cm³/mol. The molecule has 3 rings (SSSR count). The summed E-state index contributed by atoms with van der Waals surface area (Å²) in [6, 6.07) is 1.74. The Balaban J connectivity index is 2.40. The Morgan fingerprint density at radius 2 is 2.27 bits per heavy atom. The molecule has 2 aromatic heterocycles. The fraction of sp³-hybridized carbons (Fsp3) is 0.364. The number of aryl methyl sites for hydroxylation is 1. The minimum atomic E-state index is 0.537. The fourth-order valence-electron chi connectivity index (χ4n) is 2.27. The molecule has 0 spiro atoms. The Morgan fingerprint density at radius 3 is 3.07 bits per heavy atom. The third-order valence-electron chi connectivity index (χ3n) is 3.05. The Labute approximate surface area is 97.8 Å². The van der Waals surface area contributed by atoms with Crippen LogP contribution >= 0.6 is 23.2 Å². The normalized spacial score (nSPS) is 19.8. The number of pyridine rings is 1. The van der Waals surface area contributed by atoms with E-state index in [9.17, 15) is 0 Å². The lowest BCUT2D eigenvalue weighted by Crippen LogP contribution is -1.91. The first-order valence-corrected chi connectivity index (χ1v) is 5.78. The zero-order chi connectivity index (χ0) is 10.6. The Hall–Kier alpha value is -0.730. The van der Waals surface area contributed by atoms with E-state index < -0.39 is 0 Å². The quantitative estimate of drug-likeness (QED) is 0.687. The van der Waals surface area contributed by atoms with Crippen molar-refractivity contribution in [3.63, 3.8) is 0 Å². The van der Waals surface area contributed by atoms with E-state index in [1.54, 1.807) is 6.07 Å². The summed E-state index contributed by atoms with van der Waals surface area (Å²) in [5.74, 6) is 0.537. The smallest absolute Gasteiger partial charge is 0.156 e. The van der Waals surface area contributed by atoms with E-state index in [1.165, 1.54) is 17.8 Å². The van der Waals surface area contributed by atoms with Crippen molar-refractivity contribution in [2.24, 2.45) is 0 Å². The van der Waals surface area contributed by atoms with Crippen molar-refractivity contribution in [1.82, 2.24) is 9.38 Å². The molecule has 0 aliphatic heterocycles. The van der Waals surface area contributed by atoms with Crippen LogP contribution in [0.4, 0.5) is 0 Å². The second-order valence-electron chi connectivity index (χ2n) is 4.08. The maximum atomic E-state index is 6.11. The van der Waals surface area contributed by atoms with Gasteiger partial charge in [0.2, 0.25) is 0 Å². The molecule has 0 radical (unpaired) electrons. The first-order valence-electron chi connectivity index (χ1n) is 5.02.